The van der Waals surface area contributed by atoms with Gasteiger partial charge in [0.1, 0.15) is 97.3 Å². The van der Waals surface area contributed by atoms with Gasteiger partial charge in [-0.2, -0.15) is 8.42 Å². The van der Waals surface area contributed by atoms with Crippen molar-refractivity contribution in [2.24, 2.45) is 46.3 Å². The van der Waals surface area contributed by atoms with Gasteiger partial charge < -0.3 is 109 Å². The first-order valence-electron chi connectivity index (χ1n) is 30.3. The van der Waals surface area contributed by atoms with Crippen LogP contribution >= 0.6 is 0 Å². The Morgan fingerprint density at radius 3 is 1.68 bits per heavy atom. The van der Waals surface area contributed by atoms with Gasteiger partial charge in [0.25, 0.3) is 0 Å². The van der Waals surface area contributed by atoms with Crippen molar-refractivity contribution >= 4 is 16.2 Å². The number of Topliss-reactive ketones (excluding diaryl/α,β-unsaturated/α-hetero) is 1. The van der Waals surface area contributed by atoms with Crippen molar-refractivity contribution in [3.8, 4) is 0 Å². The van der Waals surface area contributed by atoms with E-state index in [-0.39, 0.29) is 53.6 Å². The first-order chi connectivity index (χ1) is 39.6. The normalized spacial score (nSPS) is 51.5. The molecule has 3 saturated carbocycles. The van der Waals surface area contributed by atoms with Crippen LogP contribution in [0.1, 0.15) is 127 Å². The maximum atomic E-state index is 13.2. The predicted octanol–water partition coefficient (Wildman–Crippen LogP) is -1.06. The first kappa shape index (κ1) is 67.8. The minimum absolute atomic E-state index is 0.0748. The summed E-state index contributed by atoms with van der Waals surface area (Å²) in [6.45, 7) is 17.4. The van der Waals surface area contributed by atoms with Gasteiger partial charge in [0.15, 0.2) is 31.5 Å². The van der Waals surface area contributed by atoms with E-state index < -0.39 is 187 Å². The Kier molecular flexibility index (Phi) is 20.6. The first-order valence-corrected chi connectivity index (χ1v) is 31.6. The van der Waals surface area contributed by atoms with Crippen LogP contribution in [0.2, 0.25) is 0 Å². The summed E-state index contributed by atoms with van der Waals surface area (Å²) in [4.78, 5) is 13.2. The van der Waals surface area contributed by atoms with Gasteiger partial charge in [-0.05, 0) is 126 Å². The van der Waals surface area contributed by atoms with Gasteiger partial charge in [0.2, 0.25) is 5.79 Å². The van der Waals surface area contributed by atoms with Crippen LogP contribution in [-0.4, -0.2) is 245 Å². The highest BCUT2D eigenvalue weighted by Gasteiger charge is 2.64. The monoisotopic (exact) mass is 1240 g/mol. The molecular formula is C57H94O27S. The third kappa shape index (κ3) is 13.3. The highest BCUT2D eigenvalue weighted by atomic mass is 32.3. The molecule has 0 aromatic carbocycles. The number of aliphatic hydroxyl groups is 12. The van der Waals surface area contributed by atoms with Crippen LogP contribution in [0.3, 0.4) is 0 Å². The highest BCUT2D eigenvalue weighted by Crippen LogP contribution is 2.67. The summed E-state index contributed by atoms with van der Waals surface area (Å²) in [6.07, 6.45) is -36.1. The summed E-state index contributed by atoms with van der Waals surface area (Å²) >= 11 is 0. The molecule has 0 aromatic rings. The molecule has 4 aliphatic carbocycles. The zero-order valence-electron chi connectivity index (χ0n) is 49.9. The van der Waals surface area contributed by atoms with Gasteiger partial charge in [-0.25, -0.2) is 4.18 Å². The molecule has 0 aromatic heterocycles. The lowest BCUT2D eigenvalue weighted by molar-refractivity contribution is -0.432. The Morgan fingerprint density at radius 1 is 0.588 bits per heavy atom. The third-order valence-corrected chi connectivity index (χ3v) is 21.3. The second-order valence-electron chi connectivity index (χ2n) is 27.0. The SMILES string of the molecule is CC(C)CC(=O)CC(C)C1CCC2C3CC(OC4OC(C)C(O)(O)C(OC5OC(C)C(OC6OC(C)C(O)C(O)C6OC6OC(C)C(O)C(O)C6O)C(O)C5OC5OC(C)C(O)C(O)C5O)C4O)C4CC(OS(=O)(=O)O)CCC4(C)C3=CCC12C. The Labute approximate surface area is 495 Å². The minimum Gasteiger partial charge on any atom is -0.388 e. The summed E-state index contributed by atoms with van der Waals surface area (Å²) in [5.41, 5.74) is 0.378. The Bertz CT molecular complexity index is 2440. The van der Waals surface area contributed by atoms with Crippen molar-refractivity contribution in [3.63, 3.8) is 0 Å². The average molecular weight is 1240 g/mol. The summed E-state index contributed by atoms with van der Waals surface area (Å²) in [7, 11) is -4.88. The van der Waals surface area contributed by atoms with E-state index in [1.54, 1.807) is 0 Å². The number of hydrogen-bond donors (Lipinski definition) is 13. The lowest BCUT2D eigenvalue weighted by Gasteiger charge is -2.60. The molecule has 27 nitrogen and oxygen atoms in total. The van der Waals surface area contributed by atoms with Crippen LogP contribution in [0.4, 0.5) is 0 Å². The van der Waals surface area contributed by atoms with E-state index >= 15 is 0 Å². The molecule has 0 bridgehead atoms. The van der Waals surface area contributed by atoms with Crippen molar-refractivity contribution in [3.05, 3.63) is 11.6 Å². The fraction of sp³-hybridized carbons (Fsp3) is 0.947. The van der Waals surface area contributed by atoms with Crippen molar-refractivity contribution < 1.29 is 131 Å². The molecule has 33 atom stereocenters. The van der Waals surface area contributed by atoms with Gasteiger partial charge in [0, 0.05) is 12.8 Å². The molecule has 85 heavy (non-hydrogen) atoms. The molecule has 33 unspecified atom stereocenters. The second-order valence-corrected chi connectivity index (χ2v) is 28.0. The molecule has 0 spiro atoms. The summed E-state index contributed by atoms with van der Waals surface area (Å²) in [6, 6.07) is 0. The van der Waals surface area contributed by atoms with E-state index in [9.17, 15) is 79.0 Å². The number of fused-ring (bicyclic) bond motifs is 5. The number of hydrogen-bond acceptors (Lipinski definition) is 26. The maximum Gasteiger partial charge on any atom is 0.397 e. The average Bonchev–Trinajstić information content (AvgIpc) is 1.79. The largest absolute Gasteiger partial charge is 0.397 e. The number of carbonyl (C=O) groups is 1. The van der Waals surface area contributed by atoms with Crippen molar-refractivity contribution in [2.75, 3.05) is 0 Å². The van der Waals surface area contributed by atoms with Crippen LogP contribution < -0.4 is 0 Å². The van der Waals surface area contributed by atoms with E-state index in [0.29, 0.717) is 25.7 Å². The highest BCUT2D eigenvalue weighted by molar-refractivity contribution is 7.80. The van der Waals surface area contributed by atoms with Crippen LogP contribution in [0.15, 0.2) is 11.6 Å². The Balaban J connectivity index is 1.000. The molecule has 0 radical (unpaired) electrons. The van der Waals surface area contributed by atoms with E-state index in [4.69, 9.17) is 51.6 Å². The zero-order chi connectivity index (χ0) is 62.5. The molecule has 8 fully saturated rings. The maximum absolute atomic E-state index is 13.2. The fourth-order valence-corrected chi connectivity index (χ4v) is 16.5. The Morgan fingerprint density at radius 2 is 1.11 bits per heavy atom. The standard InChI is InChI=1S/C57H94O27S/c1-21(2)17-28(58)18-22(3)31-11-12-32-30-20-35(34-19-29(84-85(71,72)73)13-15-56(34,10)33(30)14-16-55(31,32)9)79-52-45(68)49(57(69,70)27(8)78-52)83-54-48(82-51-43(66)40(63)37(60)24(5)75-51)44(67)46(26(7)77-54)80-53-47(41(64)38(61)25(6)76-53)81-50-42(65)39(62)36(59)23(4)74-50/h14,21-27,29-32,34-54,59-70H,11-13,15-20H2,1-10H3,(H,71,72,73). The molecule has 5 heterocycles. The number of ketones is 1. The lowest BCUT2D eigenvalue weighted by Crippen LogP contribution is -2.70. The molecule has 0 amide bonds. The molecule has 5 aliphatic heterocycles. The molecule has 490 valence electrons. The van der Waals surface area contributed by atoms with Crippen LogP contribution in [-0.2, 0) is 66.7 Å². The van der Waals surface area contributed by atoms with Crippen molar-refractivity contribution in [1.82, 2.24) is 0 Å². The molecule has 9 rings (SSSR count). The van der Waals surface area contributed by atoms with Crippen molar-refractivity contribution in [2.45, 2.75) is 292 Å². The molecule has 5 saturated heterocycles. The van der Waals surface area contributed by atoms with Crippen molar-refractivity contribution in [1.29, 1.82) is 0 Å². The van der Waals surface area contributed by atoms with Gasteiger partial charge in [-0.1, -0.05) is 46.3 Å². The topological polar surface area (TPSA) is 416 Å². The minimum atomic E-state index is -4.88. The molecule has 13 N–H and O–H groups in total. The third-order valence-electron chi connectivity index (χ3n) is 20.7. The number of aliphatic hydroxyl groups excluding tert-OH is 10. The number of rotatable bonds is 17. The second kappa shape index (κ2) is 25.8. The van der Waals surface area contributed by atoms with Crippen LogP contribution in [0.5, 0.6) is 0 Å². The Hall–Kier alpha value is -1.60. The van der Waals surface area contributed by atoms with Gasteiger partial charge in [-0.15, -0.1) is 0 Å². The number of carbonyl (C=O) groups excluding carboxylic acids is 1. The number of allylic oxidation sites excluding steroid dienone is 2. The van der Waals surface area contributed by atoms with E-state index in [0.717, 1.165) is 19.3 Å². The smallest absolute Gasteiger partial charge is 0.388 e. The molecule has 28 heteroatoms. The quantitative estimate of drug-likeness (QED) is 0.0469. The lowest BCUT2D eigenvalue weighted by atomic mass is 9.47. The fourth-order valence-electron chi connectivity index (χ4n) is 16.0. The van der Waals surface area contributed by atoms with E-state index in [1.165, 1.54) is 40.2 Å². The predicted molar refractivity (Wildman–Crippen MR) is 289 cm³/mol. The van der Waals surface area contributed by atoms with Gasteiger partial charge in [0.05, 0.1) is 36.6 Å². The van der Waals surface area contributed by atoms with Crippen LogP contribution in [0, 0.1) is 46.3 Å². The van der Waals surface area contributed by atoms with Crippen LogP contribution in [0.25, 0.3) is 0 Å². The summed E-state index contributed by atoms with van der Waals surface area (Å²) < 4.78 is 101. The summed E-state index contributed by atoms with van der Waals surface area (Å²) in [5, 5.41) is 135. The number of ether oxygens (including phenoxy) is 10. The molecule has 9 aliphatic rings. The van der Waals surface area contributed by atoms with E-state index in [2.05, 4.69) is 26.8 Å². The summed E-state index contributed by atoms with van der Waals surface area (Å²) in [5.74, 6) is -2.71. The van der Waals surface area contributed by atoms with Gasteiger partial charge >= 0.3 is 10.4 Å². The zero-order valence-corrected chi connectivity index (χ0v) is 50.7. The molecular weight excluding hydrogens is 1150 g/mol. The van der Waals surface area contributed by atoms with E-state index in [1.807, 2.05) is 13.8 Å². The van der Waals surface area contributed by atoms with Gasteiger partial charge in [-0.3, -0.25) is 9.35 Å².